The highest BCUT2D eigenvalue weighted by molar-refractivity contribution is 7.52. The van der Waals surface area contributed by atoms with Crippen molar-refractivity contribution in [1.29, 1.82) is 0 Å². The minimum Gasteiger partial charge on any atom is -0.391 e. The van der Waals surface area contributed by atoms with Gasteiger partial charge in [0, 0.05) is 6.66 Å². The van der Waals surface area contributed by atoms with Crippen molar-refractivity contribution in [3.63, 3.8) is 0 Å². The van der Waals surface area contributed by atoms with Crippen molar-refractivity contribution in [2.75, 3.05) is 19.9 Å². The second-order valence-electron chi connectivity index (χ2n) is 3.32. The lowest BCUT2D eigenvalue weighted by atomic mass is 10.3. The molecule has 0 saturated carbocycles. The van der Waals surface area contributed by atoms with Crippen LogP contribution in [0, 0.1) is 0 Å². The van der Waals surface area contributed by atoms with E-state index >= 15 is 0 Å². The molecule has 0 radical (unpaired) electrons. The Bertz CT molecular complexity index is 184. The lowest BCUT2D eigenvalue weighted by Crippen LogP contribution is -2.13. The van der Waals surface area contributed by atoms with Gasteiger partial charge < -0.3 is 14.2 Å². The molecule has 0 aromatic carbocycles. The fourth-order valence-corrected chi connectivity index (χ4v) is 1.73. The van der Waals surface area contributed by atoms with Gasteiger partial charge in [-0.2, -0.15) is 0 Å². The number of rotatable bonds is 8. The molecule has 0 heterocycles. The number of hydrogen-bond donors (Lipinski definition) is 1. The maximum Gasteiger partial charge on any atom is 0.327 e. The SMILES string of the molecule is CCCCOP(C)(=O)OC[C@H](O)CC. The van der Waals surface area contributed by atoms with Crippen LogP contribution >= 0.6 is 7.60 Å². The summed E-state index contributed by atoms with van der Waals surface area (Å²) < 4.78 is 21.7. The molecule has 1 unspecified atom stereocenters. The van der Waals surface area contributed by atoms with Crippen molar-refractivity contribution in [1.82, 2.24) is 0 Å². The second kappa shape index (κ2) is 7.41. The van der Waals surface area contributed by atoms with Crippen LogP contribution in [0.4, 0.5) is 0 Å². The normalized spacial score (nSPS) is 17.7. The Kier molecular flexibility index (Phi) is 7.47. The molecule has 0 aromatic heterocycles. The Morgan fingerprint density at radius 1 is 1.36 bits per heavy atom. The maximum absolute atomic E-state index is 11.6. The number of unbranched alkanes of at least 4 members (excludes halogenated alkanes) is 1. The summed E-state index contributed by atoms with van der Waals surface area (Å²) in [6.45, 7) is 5.84. The van der Waals surface area contributed by atoms with Crippen molar-refractivity contribution >= 4 is 7.60 Å². The van der Waals surface area contributed by atoms with Crippen LogP contribution in [0.2, 0.25) is 0 Å². The van der Waals surface area contributed by atoms with Gasteiger partial charge in [0.05, 0.1) is 19.3 Å². The Labute approximate surface area is 86.1 Å². The van der Waals surface area contributed by atoms with Crippen molar-refractivity contribution in [2.45, 2.75) is 39.2 Å². The van der Waals surface area contributed by atoms with E-state index in [4.69, 9.17) is 9.05 Å². The van der Waals surface area contributed by atoms with Gasteiger partial charge in [-0.05, 0) is 12.8 Å². The van der Waals surface area contributed by atoms with Crippen molar-refractivity contribution in [3.05, 3.63) is 0 Å². The molecule has 0 aromatic rings. The first-order valence-electron chi connectivity index (χ1n) is 5.06. The Morgan fingerprint density at radius 2 is 2.00 bits per heavy atom. The van der Waals surface area contributed by atoms with E-state index in [2.05, 4.69) is 0 Å². The predicted molar refractivity (Wildman–Crippen MR) is 56.6 cm³/mol. The molecule has 0 spiro atoms. The fourth-order valence-electron chi connectivity index (χ4n) is 0.751. The zero-order valence-corrected chi connectivity index (χ0v) is 10.1. The van der Waals surface area contributed by atoms with Crippen LogP contribution < -0.4 is 0 Å². The number of aliphatic hydroxyl groups is 1. The molecule has 1 N–H and O–H groups in total. The van der Waals surface area contributed by atoms with Gasteiger partial charge in [0.1, 0.15) is 0 Å². The maximum atomic E-state index is 11.6. The summed E-state index contributed by atoms with van der Waals surface area (Å²) >= 11 is 0. The molecule has 0 fully saturated rings. The van der Waals surface area contributed by atoms with Crippen LogP contribution in [0.5, 0.6) is 0 Å². The van der Waals surface area contributed by atoms with Crippen LogP contribution in [0.3, 0.4) is 0 Å². The molecule has 0 aliphatic rings. The van der Waals surface area contributed by atoms with Crippen molar-refractivity contribution in [3.8, 4) is 0 Å². The summed E-state index contributed by atoms with van der Waals surface area (Å²) in [5, 5.41) is 9.19. The molecular formula is C9H21O4P. The third-order valence-corrected chi connectivity index (χ3v) is 3.07. The van der Waals surface area contributed by atoms with Crippen LogP contribution in [-0.4, -0.2) is 31.1 Å². The highest BCUT2D eigenvalue weighted by Gasteiger charge is 2.17. The van der Waals surface area contributed by atoms with Gasteiger partial charge in [-0.3, -0.25) is 4.57 Å². The molecule has 0 bridgehead atoms. The standard InChI is InChI=1S/C9H21O4P/c1-4-6-7-12-14(3,11)13-8-9(10)5-2/h9-10H,4-8H2,1-3H3/t9-,14?/m1/s1. The number of aliphatic hydroxyl groups excluding tert-OH is 1. The Balaban J connectivity index is 3.66. The highest BCUT2D eigenvalue weighted by Crippen LogP contribution is 2.43. The summed E-state index contributed by atoms with van der Waals surface area (Å²) in [7, 11) is -2.95. The van der Waals surface area contributed by atoms with Gasteiger partial charge in [-0.25, -0.2) is 0 Å². The first-order chi connectivity index (χ1) is 6.52. The fraction of sp³-hybridized carbons (Fsp3) is 1.00. The summed E-state index contributed by atoms with van der Waals surface area (Å²) in [4.78, 5) is 0. The van der Waals surface area contributed by atoms with Crippen LogP contribution in [0.25, 0.3) is 0 Å². The first-order valence-corrected chi connectivity index (χ1v) is 7.05. The average molecular weight is 224 g/mol. The van der Waals surface area contributed by atoms with E-state index in [1.807, 2.05) is 13.8 Å². The first kappa shape index (κ1) is 14.1. The monoisotopic (exact) mass is 224 g/mol. The molecular weight excluding hydrogens is 203 g/mol. The molecule has 0 amide bonds. The van der Waals surface area contributed by atoms with Gasteiger partial charge in [0.2, 0.25) is 0 Å². The minimum atomic E-state index is -2.95. The summed E-state index contributed by atoms with van der Waals surface area (Å²) in [6, 6.07) is 0. The Hall–Kier alpha value is 0.110. The molecule has 14 heavy (non-hydrogen) atoms. The predicted octanol–water partition coefficient (Wildman–Crippen LogP) is 2.41. The van der Waals surface area contributed by atoms with Gasteiger partial charge in [0.25, 0.3) is 0 Å². The zero-order valence-electron chi connectivity index (χ0n) is 9.23. The van der Waals surface area contributed by atoms with E-state index in [-0.39, 0.29) is 6.61 Å². The third kappa shape index (κ3) is 7.51. The zero-order chi connectivity index (χ0) is 11.0. The van der Waals surface area contributed by atoms with E-state index in [1.165, 1.54) is 6.66 Å². The molecule has 0 aliphatic carbocycles. The topological polar surface area (TPSA) is 55.8 Å². The van der Waals surface area contributed by atoms with Crippen LogP contribution in [0.1, 0.15) is 33.1 Å². The molecule has 0 rings (SSSR count). The van der Waals surface area contributed by atoms with Gasteiger partial charge in [-0.15, -0.1) is 0 Å². The van der Waals surface area contributed by atoms with E-state index in [1.54, 1.807) is 0 Å². The van der Waals surface area contributed by atoms with Gasteiger partial charge >= 0.3 is 7.60 Å². The third-order valence-electron chi connectivity index (χ3n) is 1.80. The smallest absolute Gasteiger partial charge is 0.327 e. The lowest BCUT2D eigenvalue weighted by Gasteiger charge is -2.15. The van der Waals surface area contributed by atoms with Crippen molar-refractivity contribution in [2.24, 2.45) is 0 Å². The molecule has 5 heteroatoms. The quantitative estimate of drug-likeness (QED) is 0.508. The summed E-state index contributed by atoms with van der Waals surface area (Å²) in [6.07, 6.45) is 1.91. The summed E-state index contributed by atoms with van der Waals surface area (Å²) in [5.41, 5.74) is 0. The van der Waals surface area contributed by atoms with Crippen molar-refractivity contribution < 1.29 is 18.7 Å². The molecule has 4 nitrogen and oxygen atoms in total. The highest BCUT2D eigenvalue weighted by atomic mass is 31.2. The largest absolute Gasteiger partial charge is 0.391 e. The van der Waals surface area contributed by atoms with Crippen LogP contribution in [-0.2, 0) is 13.6 Å². The molecule has 86 valence electrons. The van der Waals surface area contributed by atoms with E-state index in [9.17, 15) is 9.67 Å². The van der Waals surface area contributed by atoms with E-state index < -0.39 is 13.7 Å². The lowest BCUT2D eigenvalue weighted by molar-refractivity contribution is 0.0907. The van der Waals surface area contributed by atoms with Gasteiger partial charge in [-0.1, -0.05) is 20.3 Å². The summed E-state index contributed by atoms with van der Waals surface area (Å²) in [5.74, 6) is 0. The minimum absolute atomic E-state index is 0.0798. The van der Waals surface area contributed by atoms with E-state index in [0.29, 0.717) is 13.0 Å². The molecule has 0 aliphatic heterocycles. The second-order valence-corrected chi connectivity index (χ2v) is 5.38. The van der Waals surface area contributed by atoms with E-state index in [0.717, 1.165) is 12.8 Å². The molecule has 2 atom stereocenters. The molecule has 0 saturated heterocycles. The number of hydrogen-bond acceptors (Lipinski definition) is 4. The average Bonchev–Trinajstić information content (AvgIpc) is 2.14. The van der Waals surface area contributed by atoms with Crippen LogP contribution in [0.15, 0.2) is 0 Å². The van der Waals surface area contributed by atoms with Gasteiger partial charge in [0.15, 0.2) is 0 Å². The Morgan fingerprint density at radius 3 is 2.50 bits per heavy atom.